The Morgan fingerprint density at radius 2 is 1.83 bits per heavy atom. The van der Waals surface area contributed by atoms with E-state index < -0.39 is 11.6 Å². The van der Waals surface area contributed by atoms with Gasteiger partial charge in [0.15, 0.2) is 11.6 Å². The summed E-state index contributed by atoms with van der Waals surface area (Å²) in [4.78, 5) is 0. The molecule has 0 amide bonds. The third-order valence-corrected chi connectivity index (χ3v) is 2.98. The van der Waals surface area contributed by atoms with Crippen LogP contribution in [0.5, 0.6) is 0 Å². The van der Waals surface area contributed by atoms with Crippen molar-refractivity contribution in [2.24, 2.45) is 0 Å². The van der Waals surface area contributed by atoms with Gasteiger partial charge in [-0.2, -0.15) is 0 Å². The monoisotopic (exact) mass is 287 g/mol. The van der Waals surface area contributed by atoms with Crippen molar-refractivity contribution in [2.75, 3.05) is 5.32 Å². The van der Waals surface area contributed by atoms with Crippen molar-refractivity contribution in [1.29, 1.82) is 0 Å². The smallest absolute Gasteiger partial charge is 0.163 e. The Bertz CT molecular complexity index is 573. The van der Waals surface area contributed by atoms with E-state index in [-0.39, 0.29) is 12.1 Å². The molecule has 94 valence electrons. The normalized spacial score (nSPS) is 10.4. The molecule has 2 rings (SSSR count). The first kappa shape index (κ1) is 13.1. The summed E-state index contributed by atoms with van der Waals surface area (Å²) in [5.41, 5.74) is 0.853. The van der Waals surface area contributed by atoms with Gasteiger partial charge >= 0.3 is 0 Å². The molecule has 5 heteroatoms. The molecular weight excluding hydrogens is 279 g/mol. The topological polar surface area (TPSA) is 12.0 Å². The van der Waals surface area contributed by atoms with Crippen LogP contribution in [0.4, 0.5) is 14.5 Å². The average Bonchev–Trinajstić information content (AvgIpc) is 2.33. The number of halogens is 4. The molecule has 0 unspecified atom stereocenters. The molecule has 0 atom stereocenters. The second kappa shape index (κ2) is 5.55. The lowest BCUT2D eigenvalue weighted by Crippen LogP contribution is -2.03. The molecule has 0 fully saturated rings. The maximum absolute atomic E-state index is 13.4. The number of nitrogens with one attached hydrogen (secondary N) is 1. The van der Waals surface area contributed by atoms with Crippen LogP contribution < -0.4 is 5.32 Å². The summed E-state index contributed by atoms with van der Waals surface area (Å²) < 4.78 is 26.4. The fourth-order valence-corrected chi connectivity index (χ4v) is 1.98. The second-order valence-electron chi connectivity index (χ2n) is 3.69. The second-order valence-corrected chi connectivity index (χ2v) is 4.53. The molecule has 0 saturated heterocycles. The van der Waals surface area contributed by atoms with Gasteiger partial charge in [-0.3, -0.25) is 0 Å². The number of hydrogen-bond acceptors (Lipinski definition) is 1. The van der Waals surface area contributed by atoms with Gasteiger partial charge in [-0.05, 0) is 24.3 Å². The first-order valence-electron chi connectivity index (χ1n) is 5.20. The molecule has 18 heavy (non-hydrogen) atoms. The highest BCUT2D eigenvalue weighted by atomic mass is 35.5. The van der Waals surface area contributed by atoms with Crippen molar-refractivity contribution in [2.45, 2.75) is 6.54 Å². The van der Waals surface area contributed by atoms with Gasteiger partial charge in [-0.1, -0.05) is 35.3 Å². The lowest BCUT2D eigenvalue weighted by molar-refractivity contribution is 0.500. The largest absolute Gasteiger partial charge is 0.380 e. The molecule has 2 aromatic rings. The van der Waals surface area contributed by atoms with Crippen molar-refractivity contribution in [3.63, 3.8) is 0 Å². The highest BCUT2D eigenvalue weighted by molar-refractivity contribution is 6.36. The van der Waals surface area contributed by atoms with Crippen molar-refractivity contribution in [1.82, 2.24) is 0 Å². The van der Waals surface area contributed by atoms with Gasteiger partial charge in [-0.15, -0.1) is 0 Å². The van der Waals surface area contributed by atoms with Gasteiger partial charge in [0.1, 0.15) is 0 Å². The minimum Gasteiger partial charge on any atom is -0.380 e. The molecule has 0 aliphatic rings. The lowest BCUT2D eigenvalue weighted by Gasteiger charge is -2.09. The van der Waals surface area contributed by atoms with Crippen molar-refractivity contribution >= 4 is 28.9 Å². The van der Waals surface area contributed by atoms with E-state index in [4.69, 9.17) is 23.2 Å². The van der Waals surface area contributed by atoms with Gasteiger partial charge in [-0.25, -0.2) is 8.78 Å². The van der Waals surface area contributed by atoms with Crippen LogP contribution in [-0.4, -0.2) is 0 Å². The van der Waals surface area contributed by atoms with Crippen LogP contribution in [-0.2, 0) is 6.54 Å². The van der Waals surface area contributed by atoms with Crippen LogP contribution in [0.25, 0.3) is 0 Å². The van der Waals surface area contributed by atoms with Crippen LogP contribution in [0.3, 0.4) is 0 Å². The van der Waals surface area contributed by atoms with Gasteiger partial charge < -0.3 is 5.32 Å². The molecule has 0 bridgehead atoms. The molecule has 0 aromatic heterocycles. The highest BCUT2D eigenvalue weighted by Crippen LogP contribution is 2.26. The molecule has 0 spiro atoms. The van der Waals surface area contributed by atoms with Crippen LogP contribution in [0.1, 0.15) is 5.56 Å². The Kier molecular flexibility index (Phi) is 4.04. The summed E-state index contributed by atoms with van der Waals surface area (Å²) in [6, 6.07) is 8.97. The van der Waals surface area contributed by atoms with Crippen LogP contribution in [0.15, 0.2) is 36.4 Å². The predicted octanol–water partition coefficient (Wildman–Crippen LogP) is 4.88. The van der Waals surface area contributed by atoms with E-state index in [1.807, 2.05) is 0 Å². The Morgan fingerprint density at radius 1 is 1.06 bits per heavy atom. The maximum Gasteiger partial charge on any atom is 0.163 e. The maximum atomic E-state index is 13.4. The van der Waals surface area contributed by atoms with E-state index >= 15 is 0 Å². The Morgan fingerprint density at radius 3 is 2.56 bits per heavy atom. The number of hydrogen-bond donors (Lipinski definition) is 1. The van der Waals surface area contributed by atoms with E-state index in [0.717, 1.165) is 6.07 Å². The molecule has 1 N–H and O–H groups in total. The summed E-state index contributed by atoms with van der Waals surface area (Å²) in [6.45, 7) is 0.144. The van der Waals surface area contributed by atoms with Crippen LogP contribution in [0, 0.1) is 11.6 Å². The molecule has 1 nitrogen and oxygen atoms in total. The fraction of sp³-hybridized carbons (Fsp3) is 0.0769. The molecule has 2 aromatic carbocycles. The molecule has 0 aliphatic heterocycles. The molecule has 0 radical (unpaired) electrons. The summed E-state index contributed by atoms with van der Waals surface area (Å²) >= 11 is 11.7. The van der Waals surface area contributed by atoms with Crippen LogP contribution in [0.2, 0.25) is 10.0 Å². The standard InChI is InChI=1S/C13H9Cl2F2N/c14-9-4-5-12(10(15)6-9)18-7-8-2-1-3-11(16)13(8)17/h1-6,18H,7H2. The summed E-state index contributed by atoms with van der Waals surface area (Å²) in [5, 5.41) is 3.87. The molecule has 0 saturated carbocycles. The Balaban J connectivity index is 2.14. The quantitative estimate of drug-likeness (QED) is 0.848. The van der Waals surface area contributed by atoms with Crippen molar-refractivity contribution < 1.29 is 8.78 Å². The van der Waals surface area contributed by atoms with E-state index in [2.05, 4.69) is 5.32 Å². The summed E-state index contributed by atoms with van der Waals surface area (Å²) in [5.74, 6) is -1.72. The van der Waals surface area contributed by atoms with Crippen LogP contribution >= 0.6 is 23.2 Å². The third kappa shape index (κ3) is 2.92. The molecular formula is C13H9Cl2F2N. The van der Waals surface area contributed by atoms with Gasteiger partial charge in [0.25, 0.3) is 0 Å². The van der Waals surface area contributed by atoms with E-state index in [1.165, 1.54) is 12.1 Å². The zero-order chi connectivity index (χ0) is 13.1. The zero-order valence-corrected chi connectivity index (χ0v) is 10.7. The highest BCUT2D eigenvalue weighted by Gasteiger charge is 2.08. The predicted molar refractivity (Wildman–Crippen MR) is 70.1 cm³/mol. The lowest BCUT2D eigenvalue weighted by atomic mass is 10.2. The third-order valence-electron chi connectivity index (χ3n) is 2.43. The number of anilines is 1. The van der Waals surface area contributed by atoms with Crippen molar-refractivity contribution in [3.8, 4) is 0 Å². The summed E-state index contributed by atoms with van der Waals surface area (Å²) in [7, 11) is 0. The molecule has 0 heterocycles. The first-order chi connectivity index (χ1) is 8.58. The fourth-order valence-electron chi connectivity index (χ4n) is 1.51. The minimum absolute atomic E-state index is 0.144. The average molecular weight is 288 g/mol. The molecule has 0 aliphatic carbocycles. The minimum atomic E-state index is -0.864. The van der Waals surface area contributed by atoms with Gasteiger partial charge in [0.2, 0.25) is 0 Å². The van der Waals surface area contributed by atoms with E-state index in [0.29, 0.717) is 15.7 Å². The van der Waals surface area contributed by atoms with Gasteiger partial charge in [0.05, 0.1) is 10.7 Å². The first-order valence-corrected chi connectivity index (χ1v) is 5.95. The zero-order valence-electron chi connectivity index (χ0n) is 9.18. The number of benzene rings is 2. The van der Waals surface area contributed by atoms with E-state index in [9.17, 15) is 8.78 Å². The summed E-state index contributed by atoms with van der Waals surface area (Å²) in [6.07, 6.45) is 0. The Labute approximate surface area is 113 Å². The Hall–Kier alpha value is -1.32. The van der Waals surface area contributed by atoms with Gasteiger partial charge in [0, 0.05) is 17.1 Å². The number of rotatable bonds is 3. The SMILES string of the molecule is Fc1cccc(CNc2ccc(Cl)cc2Cl)c1F. The van der Waals surface area contributed by atoms with Crippen molar-refractivity contribution in [3.05, 3.63) is 63.6 Å². The van der Waals surface area contributed by atoms with E-state index in [1.54, 1.807) is 18.2 Å².